The van der Waals surface area contributed by atoms with Gasteiger partial charge < -0.3 is 10.2 Å². The van der Waals surface area contributed by atoms with Gasteiger partial charge in [0.05, 0.1) is 13.2 Å². The Kier molecular flexibility index (Phi) is 6.53. The summed E-state index contributed by atoms with van der Waals surface area (Å²) in [6, 6.07) is 6.60. The number of carbonyl (C=O) groups is 1. The Hall–Kier alpha value is -1.39. The minimum atomic E-state index is 0.0142. The van der Waals surface area contributed by atoms with E-state index in [0.29, 0.717) is 24.7 Å². The molecule has 0 saturated heterocycles. The van der Waals surface area contributed by atoms with Crippen LogP contribution < -0.4 is 0 Å². The zero-order chi connectivity index (χ0) is 14.3. The van der Waals surface area contributed by atoms with Crippen LogP contribution in [-0.2, 0) is 0 Å². The number of ketones is 1. The molecule has 0 spiro atoms. The largest absolute Gasteiger partial charge is 0.508 e. The maximum atomic E-state index is 12.2. The minimum absolute atomic E-state index is 0.0142. The van der Waals surface area contributed by atoms with Crippen LogP contribution >= 0.6 is 0 Å². The molecule has 0 fully saturated rings. The van der Waals surface area contributed by atoms with Gasteiger partial charge in [-0.25, -0.2) is 0 Å². The third kappa shape index (κ3) is 4.65. The molecule has 2 N–H and O–H groups in total. The highest BCUT2D eigenvalue weighted by atomic mass is 16.3. The van der Waals surface area contributed by atoms with Gasteiger partial charge in [0.15, 0.2) is 5.78 Å². The smallest absolute Gasteiger partial charge is 0.176 e. The number of aliphatic hydroxyl groups is 1. The number of rotatable bonds is 8. The van der Waals surface area contributed by atoms with Crippen molar-refractivity contribution in [1.29, 1.82) is 0 Å². The second-order valence-corrected chi connectivity index (χ2v) is 4.63. The van der Waals surface area contributed by atoms with Gasteiger partial charge >= 0.3 is 0 Å². The Morgan fingerprint density at radius 3 is 2.26 bits per heavy atom. The zero-order valence-corrected chi connectivity index (χ0v) is 11.7. The van der Waals surface area contributed by atoms with Gasteiger partial charge in [-0.2, -0.15) is 0 Å². The van der Waals surface area contributed by atoms with Crippen molar-refractivity contribution < 1.29 is 15.0 Å². The Morgan fingerprint density at radius 2 is 1.79 bits per heavy atom. The van der Waals surface area contributed by atoms with E-state index in [0.717, 1.165) is 12.8 Å². The summed E-state index contributed by atoms with van der Waals surface area (Å²) in [4.78, 5) is 14.2. The lowest BCUT2D eigenvalue weighted by molar-refractivity contribution is 0.0850. The monoisotopic (exact) mass is 265 g/mol. The average molecular weight is 265 g/mol. The number of hydrogen-bond acceptors (Lipinski definition) is 4. The molecular weight excluding hydrogens is 242 g/mol. The third-order valence-electron chi connectivity index (χ3n) is 3.38. The third-order valence-corrected chi connectivity index (χ3v) is 3.38. The predicted octanol–water partition coefficient (Wildman–Crippen LogP) is 2.06. The summed E-state index contributed by atoms with van der Waals surface area (Å²) < 4.78 is 0. The SMILES string of the molecule is CCC(CC)N(CCO)CC(=O)c1ccc(O)cc1. The van der Waals surface area contributed by atoms with Crippen LogP contribution in [0.3, 0.4) is 0 Å². The van der Waals surface area contributed by atoms with E-state index in [4.69, 9.17) is 5.11 Å². The first-order chi connectivity index (χ1) is 9.12. The number of hydrogen-bond donors (Lipinski definition) is 2. The fraction of sp³-hybridized carbons (Fsp3) is 0.533. The molecule has 1 aromatic rings. The molecule has 0 bridgehead atoms. The summed E-state index contributed by atoms with van der Waals surface area (Å²) in [5.41, 5.74) is 0.590. The molecule has 1 rings (SSSR count). The quantitative estimate of drug-likeness (QED) is 0.706. The van der Waals surface area contributed by atoms with Gasteiger partial charge in [0, 0.05) is 18.2 Å². The van der Waals surface area contributed by atoms with Crippen molar-refractivity contribution in [3.8, 4) is 5.75 Å². The van der Waals surface area contributed by atoms with Crippen LogP contribution in [0.1, 0.15) is 37.0 Å². The number of phenolic OH excluding ortho intramolecular Hbond substituents is 1. The molecule has 1 aromatic carbocycles. The van der Waals surface area contributed by atoms with Gasteiger partial charge in [0.1, 0.15) is 5.75 Å². The molecule has 0 aliphatic carbocycles. The highest BCUT2D eigenvalue weighted by Crippen LogP contribution is 2.13. The topological polar surface area (TPSA) is 60.8 Å². The Labute approximate surface area is 114 Å². The van der Waals surface area contributed by atoms with Crippen molar-refractivity contribution in [2.75, 3.05) is 19.7 Å². The Bertz CT molecular complexity index is 385. The molecule has 0 unspecified atom stereocenters. The molecule has 19 heavy (non-hydrogen) atoms. The maximum absolute atomic E-state index is 12.2. The second kappa shape index (κ2) is 7.92. The van der Waals surface area contributed by atoms with E-state index < -0.39 is 0 Å². The summed E-state index contributed by atoms with van der Waals surface area (Å²) >= 11 is 0. The first-order valence-corrected chi connectivity index (χ1v) is 6.79. The summed E-state index contributed by atoms with van der Waals surface area (Å²) in [6.07, 6.45) is 1.92. The van der Waals surface area contributed by atoms with Gasteiger partial charge in [-0.05, 0) is 37.1 Å². The van der Waals surface area contributed by atoms with E-state index in [9.17, 15) is 9.90 Å². The van der Waals surface area contributed by atoms with Crippen LogP contribution in [0.25, 0.3) is 0 Å². The van der Waals surface area contributed by atoms with Gasteiger partial charge in [-0.15, -0.1) is 0 Å². The van der Waals surface area contributed by atoms with Crippen LogP contribution in [-0.4, -0.2) is 46.6 Å². The fourth-order valence-electron chi connectivity index (χ4n) is 2.25. The normalized spacial score (nSPS) is 11.2. The molecular formula is C15H23NO3. The van der Waals surface area contributed by atoms with Gasteiger partial charge in [0.25, 0.3) is 0 Å². The molecule has 4 nitrogen and oxygen atoms in total. The van der Waals surface area contributed by atoms with Crippen molar-refractivity contribution in [2.24, 2.45) is 0 Å². The molecule has 0 radical (unpaired) electrons. The van der Waals surface area contributed by atoms with E-state index in [1.54, 1.807) is 12.1 Å². The lowest BCUT2D eigenvalue weighted by atomic mass is 10.1. The van der Waals surface area contributed by atoms with Crippen LogP contribution in [0, 0.1) is 0 Å². The molecule has 4 heteroatoms. The number of nitrogens with zero attached hydrogens (tertiary/aromatic N) is 1. The summed E-state index contributed by atoms with van der Waals surface area (Å²) in [7, 11) is 0. The Balaban J connectivity index is 2.72. The van der Waals surface area contributed by atoms with Gasteiger partial charge in [-0.1, -0.05) is 13.8 Å². The van der Waals surface area contributed by atoms with E-state index in [1.807, 2.05) is 4.90 Å². The van der Waals surface area contributed by atoms with E-state index >= 15 is 0 Å². The molecule has 0 aliphatic heterocycles. The second-order valence-electron chi connectivity index (χ2n) is 4.63. The number of carbonyl (C=O) groups excluding carboxylic acids is 1. The van der Waals surface area contributed by atoms with Crippen molar-refractivity contribution in [3.05, 3.63) is 29.8 Å². The summed E-state index contributed by atoms with van der Waals surface area (Å²) in [5.74, 6) is 0.170. The fourth-order valence-corrected chi connectivity index (χ4v) is 2.25. The highest BCUT2D eigenvalue weighted by molar-refractivity contribution is 5.97. The van der Waals surface area contributed by atoms with E-state index in [1.165, 1.54) is 12.1 Å². The average Bonchev–Trinajstić information content (AvgIpc) is 2.41. The Morgan fingerprint density at radius 1 is 1.21 bits per heavy atom. The van der Waals surface area contributed by atoms with Crippen LogP contribution in [0.4, 0.5) is 0 Å². The molecule has 0 atom stereocenters. The molecule has 0 aliphatic rings. The lowest BCUT2D eigenvalue weighted by Gasteiger charge is -2.29. The standard InChI is InChI=1S/C15H23NO3/c1-3-13(4-2)16(9-10-17)11-15(19)12-5-7-14(18)8-6-12/h5-8,13,17-18H,3-4,9-11H2,1-2H3. The maximum Gasteiger partial charge on any atom is 0.176 e. The van der Waals surface area contributed by atoms with Gasteiger partial charge in [0.2, 0.25) is 0 Å². The minimum Gasteiger partial charge on any atom is -0.508 e. The van der Waals surface area contributed by atoms with Crippen molar-refractivity contribution >= 4 is 5.78 Å². The first-order valence-electron chi connectivity index (χ1n) is 6.79. The van der Waals surface area contributed by atoms with Crippen molar-refractivity contribution in [1.82, 2.24) is 4.90 Å². The van der Waals surface area contributed by atoms with Crippen LogP contribution in [0.5, 0.6) is 5.75 Å². The summed E-state index contributed by atoms with van der Waals surface area (Å²) in [5, 5.41) is 18.3. The molecule has 0 amide bonds. The number of Topliss-reactive ketones (excluding diaryl/α,β-unsaturated/α-hetero) is 1. The van der Waals surface area contributed by atoms with E-state index in [2.05, 4.69) is 13.8 Å². The van der Waals surface area contributed by atoms with Crippen LogP contribution in [0.15, 0.2) is 24.3 Å². The zero-order valence-electron chi connectivity index (χ0n) is 11.7. The first kappa shape index (κ1) is 15.7. The summed E-state index contributed by atoms with van der Waals surface area (Å²) in [6.45, 7) is 5.04. The lowest BCUT2D eigenvalue weighted by Crippen LogP contribution is -2.40. The molecule has 106 valence electrons. The molecule has 0 saturated carbocycles. The molecule has 0 heterocycles. The number of aromatic hydroxyl groups is 1. The number of aliphatic hydroxyl groups excluding tert-OH is 1. The van der Waals surface area contributed by atoms with Crippen molar-refractivity contribution in [2.45, 2.75) is 32.7 Å². The predicted molar refractivity (Wildman–Crippen MR) is 75.5 cm³/mol. The van der Waals surface area contributed by atoms with Gasteiger partial charge in [-0.3, -0.25) is 9.69 Å². The number of phenols is 1. The number of benzene rings is 1. The molecule has 0 aromatic heterocycles. The van der Waals surface area contributed by atoms with Crippen LogP contribution in [0.2, 0.25) is 0 Å². The highest BCUT2D eigenvalue weighted by Gasteiger charge is 2.18. The van der Waals surface area contributed by atoms with Crippen molar-refractivity contribution in [3.63, 3.8) is 0 Å². The van der Waals surface area contributed by atoms with E-state index in [-0.39, 0.29) is 18.1 Å².